The van der Waals surface area contributed by atoms with Crippen LogP contribution in [0.4, 0.5) is 8.78 Å². The molecule has 1 N–H and O–H groups in total. The van der Waals surface area contributed by atoms with Gasteiger partial charge in [-0.05, 0) is 18.1 Å². The Morgan fingerprint density at radius 2 is 1.79 bits per heavy atom. The smallest absolute Gasteiger partial charge is 0.323 e. The highest BCUT2D eigenvalue weighted by atomic mass is 19.1. The third-order valence-corrected chi connectivity index (χ3v) is 2.38. The predicted molar refractivity (Wildman–Crippen MR) is 64.7 cm³/mol. The van der Waals surface area contributed by atoms with E-state index < -0.39 is 35.6 Å². The Balaban J connectivity index is 3.08. The van der Waals surface area contributed by atoms with Gasteiger partial charge >= 0.3 is 5.97 Å². The van der Waals surface area contributed by atoms with Gasteiger partial charge in [0.1, 0.15) is 23.7 Å². The van der Waals surface area contributed by atoms with E-state index in [2.05, 4.69) is 0 Å². The monoisotopic (exact) mass is 271 g/mol. The van der Waals surface area contributed by atoms with Crippen molar-refractivity contribution in [2.75, 3.05) is 13.1 Å². The van der Waals surface area contributed by atoms with Gasteiger partial charge < -0.3 is 10.0 Å². The molecule has 0 aliphatic rings. The summed E-state index contributed by atoms with van der Waals surface area (Å²) in [6, 6.07) is 3.07. The lowest BCUT2D eigenvalue weighted by Crippen LogP contribution is -2.39. The summed E-state index contributed by atoms with van der Waals surface area (Å²) in [7, 11) is 0. The van der Waals surface area contributed by atoms with Crippen LogP contribution in [0.1, 0.15) is 24.2 Å². The van der Waals surface area contributed by atoms with Gasteiger partial charge in [0.2, 0.25) is 0 Å². The van der Waals surface area contributed by atoms with E-state index >= 15 is 0 Å². The SMILES string of the molecule is CC(C)CN(CC(=O)O)C(=O)c1c(F)cccc1F. The molecule has 0 radical (unpaired) electrons. The first-order valence-electron chi connectivity index (χ1n) is 5.78. The average molecular weight is 271 g/mol. The molecule has 0 bridgehead atoms. The van der Waals surface area contributed by atoms with Crippen LogP contribution in [0.2, 0.25) is 0 Å². The standard InChI is InChI=1S/C13H15F2NO3/c1-8(2)6-16(7-11(17)18)13(19)12-9(14)4-3-5-10(12)15/h3-5,8H,6-7H2,1-2H3,(H,17,18). The first-order valence-corrected chi connectivity index (χ1v) is 5.78. The fraction of sp³-hybridized carbons (Fsp3) is 0.385. The molecule has 0 aliphatic carbocycles. The van der Waals surface area contributed by atoms with Gasteiger partial charge in [0, 0.05) is 6.54 Å². The quantitative estimate of drug-likeness (QED) is 0.892. The van der Waals surface area contributed by atoms with E-state index in [9.17, 15) is 18.4 Å². The van der Waals surface area contributed by atoms with Crippen molar-refractivity contribution in [3.8, 4) is 0 Å². The third-order valence-electron chi connectivity index (χ3n) is 2.38. The molecular weight excluding hydrogens is 256 g/mol. The zero-order valence-electron chi connectivity index (χ0n) is 10.7. The van der Waals surface area contributed by atoms with E-state index in [1.807, 2.05) is 0 Å². The van der Waals surface area contributed by atoms with Crippen molar-refractivity contribution in [3.63, 3.8) is 0 Å². The van der Waals surface area contributed by atoms with E-state index in [1.165, 1.54) is 0 Å². The number of halogens is 2. The minimum absolute atomic E-state index is 0.0156. The summed E-state index contributed by atoms with van der Waals surface area (Å²) in [5.41, 5.74) is -0.718. The molecule has 4 nitrogen and oxygen atoms in total. The highest BCUT2D eigenvalue weighted by molar-refractivity contribution is 5.96. The summed E-state index contributed by atoms with van der Waals surface area (Å²) in [6.45, 7) is 3.07. The molecule has 19 heavy (non-hydrogen) atoms. The van der Waals surface area contributed by atoms with E-state index in [0.29, 0.717) is 0 Å². The number of carbonyl (C=O) groups is 2. The fourth-order valence-corrected chi connectivity index (χ4v) is 1.68. The zero-order chi connectivity index (χ0) is 14.6. The summed E-state index contributed by atoms with van der Waals surface area (Å²) in [5, 5.41) is 8.75. The van der Waals surface area contributed by atoms with Gasteiger partial charge in [-0.3, -0.25) is 9.59 Å². The molecule has 1 aromatic carbocycles. The van der Waals surface area contributed by atoms with Crippen LogP contribution < -0.4 is 0 Å². The first kappa shape index (κ1) is 15.1. The number of carboxylic acid groups (broad SMARTS) is 1. The Bertz CT molecular complexity index is 469. The van der Waals surface area contributed by atoms with E-state index in [1.54, 1.807) is 13.8 Å². The summed E-state index contributed by atoms with van der Waals surface area (Å²) in [4.78, 5) is 23.7. The van der Waals surface area contributed by atoms with Gasteiger partial charge in [-0.1, -0.05) is 19.9 Å². The molecular formula is C13H15F2NO3. The summed E-state index contributed by atoms with van der Waals surface area (Å²) in [6.07, 6.45) is 0. The lowest BCUT2D eigenvalue weighted by Gasteiger charge is -2.23. The molecule has 1 rings (SSSR count). The second-order valence-corrected chi connectivity index (χ2v) is 4.57. The molecule has 0 heterocycles. The predicted octanol–water partition coefficient (Wildman–Crippen LogP) is 2.15. The molecule has 0 aliphatic heterocycles. The van der Waals surface area contributed by atoms with Crippen LogP contribution in [0, 0.1) is 17.6 Å². The van der Waals surface area contributed by atoms with Crippen molar-refractivity contribution in [2.45, 2.75) is 13.8 Å². The molecule has 0 fully saturated rings. The molecule has 0 spiro atoms. The topological polar surface area (TPSA) is 57.6 Å². The Labute approximate surface area is 109 Å². The zero-order valence-corrected chi connectivity index (χ0v) is 10.7. The minimum atomic E-state index is -1.23. The lowest BCUT2D eigenvalue weighted by molar-refractivity contribution is -0.137. The van der Waals surface area contributed by atoms with Crippen molar-refractivity contribution >= 4 is 11.9 Å². The van der Waals surface area contributed by atoms with Crippen molar-refractivity contribution < 1.29 is 23.5 Å². The van der Waals surface area contributed by atoms with Crippen molar-refractivity contribution in [1.29, 1.82) is 0 Å². The summed E-state index contributed by atoms with van der Waals surface area (Å²) in [5.74, 6) is -4.19. The van der Waals surface area contributed by atoms with Gasteiger partial charge in [0.15, 0.2) is 0 Å². The number of hydrogen-bond donors (Lipinski definition) is 1. The number of rotatable bonds is 5. The molecule has 0 saturated heterocycles. The molecule has 0 saturated carbocycles. The van der Waals surface area contributed by atoms with Crippen molar-refractivity contribution in [2.24, 2.45) is 5.92 Å². The lowest BCUT2D eigenvalue weighted by atomic mass is 10.1. The Morgan fingerprint density at radius 1 is 1.26 bits per heavy atom. The summed E-state index contributed by atoms with van der Waals surface area (Å²) < 4.78 is 27.0. The second kappa shape index (κ2) is 6.26. The van der Waals surface area contributed by atoms with Gasteiger partial charge in [-0.15, -0.1) is 0 Å². The van der Waals surface area contributed by atoms with Crippen LogP contribution in [0.5, 0.6) is 0 Å². The molecule has 1 aromatic rings. The molecule has 1 amide bonds. The molecule has 6 heteroatoms. The van der Waals surface area contributed by atoms with Crippen LogP contribution in [-0.4, -0.2) is 35.0 Å². The normalized spacial score (nSPS) is 10.6. The Hall–Kier alpha value is -1.98. The molecule has 104 valence electrons. The van der Waals surface area contributed by atoms with Gasteiger partial charge in [0.25, 0.3) is 5.91 Å². The minimum Gasteiger partial charge on any atom is -0.480 e. The van der Waals surface area contributed by atoms with Crippen LogP contribution >= 0.6 is 0 Å². The average Bonchev–Trinajstić information content (AvgIpc) is 2.26. The largest absolute Gasteiger partial charge is 0.480 e. The number of carbonyl (C=O) groups excluding carboxylic acids is 1. The van der Waals surface area contributed by atoms with E-state index in [0.717, 1.165) is 23.1 Å². The highest BCUT2D eigenvalue weighted by Gasteiger charge is 2.25. The fourth-order valence-electron chi connectivity index (χ4n) is 1.68. The molecule has 0 atom stereocenters. The Morgan fingerprint density at radius 3 is 2.21 bits per heavy atom. The number of amides is 1. The van der Waals surface area contributed by atoms with Crippen LogP contribution in [0.25, 0.3) is 0 Å². The van der Waals surface area contributed by atoms with Crippen molar-refractivity contribution in [1.82, 2.24) is 4.90 Å². The molecule has 0 aromatic heterocycles. The van der Waals surface area contributed by atoms with Gasteiger partial charge in [-0.25, -0.2) is 8.78 Å². The maximum atomic E-state index is 13.5. The van der Waals surface area contributed by atoms with Crippen LogP contribution in [-0.2, 0) is 4.79 Å². The van der Waals surface area contributed by atoms with E-state index in [-0.39, 0.29) is 12.5 Å². The molecule has 0 unspecified atom stereocenters. The Kier molecular flexibility index (Phi) is 4.97. The van der Waals surface area contributed by atoms with E-state index in [4.69, 9.17) is 5.11 Å². The number of carboxylic acids is 1. The highest BCUT2D eigenvalue weighted by Crippen LogP contribution is 2.15. The number of hydrogen-bond acceptors (Lipinski definition) is 2. The van der Waals surface area contributed by atoms with Crippen LogP contribution in [0.15, 0.2) is 18.2 Å². The number of aliphatic carboxylic acids is 1. The van der Waals surface area contributed by atoms with Gasteiger partial charge in [-0.2, -0.15) is 0 Å². The van der Waals surface area contributed by atoms with Crippen molar-refractivity contribution in [3.05, 3.63) is 35.4 Å². The maximum Gasteiger partial charge on any atom is 0.323 e. The maximum absolute atomic E-state index is 13.5. The number of nitrogens with zero attached hydrogens (tertiary/aromatic N) is 1. The second-order valence-electron chi connectivity index (χ2n) is 4.57. The number of benzene rings is 1. The van der Waals surface area contributed by atoms with Crippen LogP contribution in [0.3, 0.4) is 0 Å². The van der Waals surface area contributed by atoms with Gasteiger partial charge in [0.05, 0.1) is 0 Å². The third kappa shape index (κ3) is 4.01. The summed E-state index contributed by atoms with van der Waals surface area (Å²) >= 11 is 0. The first-order chi connectivity index (χ1) is 8.82.